The zero-order valence-electron chi connectivity index (χ0n) is 6.12. The Kier molecular flexibility index (Phi) is 2.82. The van der Waals surface area contributed by atoms with Crippen LogP contribution in [0.3, 0.4) is 0 Å². The van der Waals surface area contributed by atoms with E-state index in [1.807, 2.05) is 6.07 Å². The summed E-state index contributed by atoms with van der Waals surface area (Å²) in [5, 5.41) is 0.461. The van der Waals surface area contributed by atoms with Gasteiger partial charge in [0.2, 0.25) is 0 Å². The highest BCUT2D eigenvalue weighted by atomic mass is 32.1. The van der Waals surface area contributed by atoms with Crippen LogP contribution in [0.1, 0.15) is 12.5 Å². The van der Waals surface area contributed by atoms with Crippen molar-refractivity contribution < 1.29 is 0 Å². The van der Waals surface area contributed by atoms with Crippen LogP contribution in [0.25, 0.3) is 0 Å². The van der Waals surface area contributed by atoms with E-state index in [0.717, 1.165) is 6.42 Å². The predicted octanol–water partition coefficient (Wildman–Crippen LogP) is 2.55. The number of hydrogen-bond acceptors (Lipinski definition) is 1. The largest absolute Gasteiger partial charge is 0.176 e. The highest BCUT2D eigenvalue weighted by Crippen LogP contribution is 2.05. The van der Waals surface area contributed by atoms with Gasteiger partial charge < -0.3 is 0 Å². The third-order valence-corrected chi connectivity index (χ3v) is 1.56. The van der Waals surface area contributed by atoms with E-state index in [1.165, 1.54) is 5.56 Å². The number of benzene rings is 1. The zero-order chi connectivity index (χ0) is 7.40. The SMILES string of the molecule is C[C@@H](S)Cc1ccccc1. The van der Waals surface area contributed by atoms with Crippen molar-refractivity contribution >= 4 is 12.6 Å². The van der Waals surface area contributed by atoms with Gasteiger partial charge in [0.25, 0.3) is 0 Å². The lowest BCUT2D eigenvalue weighted by molar-refractivity contribution is 0.951. The van der Waals surface area contributed by atoms with Gasteiger partial charge in [-0.1, -0.05) is 37.3 Å². The van der Waals surface area contributed by atoms with E-state index in [2.05, 4.69) is 43.8 Å². The first-order chi connectivity index (χ1) is 4.79. The van der Waals surface area contributed by atoms with Crippen LogP contribution >= 0.6 is 12.6 Å². The lowest BCUT2D eigenvalue weighted by atomic mass is 10.1. The molecule has 1 aromatic rings. The van der Waals surface area contributed by atoms with Gasteiger partial charge in [-0.15, -0.1) is 0 Å². The monoisotopic (exact) mass is 152 g/mol. The summed E-state index contributed by atoms with van der Waals surface area (Å²) in [6, 6.07) is 10.4. The van der Waals surface area contributed by atoms with E-state index in [9.17, 15) is 0 Å². The molecule has 0 unspecified atom stereocenters. The van der Waals surface area contributed by atoms with E-state index >= 15 is 0 Å². The maximum atomic E-state index is 4.31. The molecule has 10 heavy (non-hydrogen) atoms. The summed E-state index contributed by atoms with van der Waals surface area (Å²) in [6.45, 7) is 2.11. The molecule has 1 heteroatoms. The molecule has 1 aromatic carbocycles. The standard InChI is InChI=1S/C9H12S/c1-8(10)7-9-5-3-2-4-6-9/h2-6,8,10H,7H2,1H3/t8-/m1/s1. The fraction of sp³-hybridized carbons (Fsp3) is 0.333. The summed E-state index contributed by atoms with van der Waals surface area (Å²) >= 11 is 4.31. The Hall–Kier alpha value is -0.430. The molecule has 0 bridgehead atoms. The number of hydrogen-bond donors (Lipinski definition) is 1. The molecule has 0 radical (unpaired) electrons. The van der Waals surface area contributed by atoms with Gasteiger partial charge in [-0.2, -0.15) is 12.6 Å². The van der Waals surface area contributed by atoms with Crippen molar-refractivity contribution in [3.63, 3.8) is 0 Å². The summed E-state index contributed by atoms with van der Waals surface area (Å²) in [4.78, 5) is 0. The molecular weight excluding hydrogens is 140 g/mol. The van der Waals surface area contributed by atoms with Crippen LogP contribution in [-0.2, 0) is 6.42 Å². The predicted molar refractivity (Wildman–Crippen MR) is 48.6 cm³/mol. The van der Waals surface area contributed by atoms with Gasteiger partial charge in [-0.25, -0.2) is 0 Å². The maximum Gasteiger partial charge on any atom is 0.00288 e. The molecule has 54 valence electrons. The molecule has 0 amide bonds. The van der Waals surface area contributed by atoms with Crippen LogP contribution in [0, 0.1) is 0 Å². The van der Waals surface area contributed by atoms with Gasteiger partial charge in [0.05, 0.1) is 0 Å². The Labute approximate surface area is 67.7 Å². The Morgan fingerprint density at radius 3 is 2.40 bits per heavy atom. The molecule has 0 aliphatic rings. The van der Waals surface area contributed by atoms with E-state index in [0.29, 0.717) is 5.25 Å². The average Bonchev–Trinajstić information content (AvgIpc) is 1.88. The van der Waals surface area contributed by atoms with Crippen molar-refractivity contribution in [1.82, 2.24) is 0 Å². The second-order valence-corrected chi connectivity index (χ2v) is 3.42. The molecule has 0 spiro atoms. The normalized spacial score (nSPS) is 13.0. The highest BCUT2D eigenvalue weighted by molar-refractivity contribution is 7.80. The van der Waals surface area contributed by atoms with Crippen molar-refractivity contribution in [3.8, 4) is 0 Å². The first-order valence-electron chi connectivity index (χ1n) is 3.51. The summed E-state index contributed by atoms with van der Waals surface area (Å²) in [7, 11) is 0. The molecule has 0 aliphatic carbocycles. The Morgan fingerprint density at radius 2 is 1.90 bits per heavy atom. The van der Waals surface area contributed by atoms with Crippen LogP contribution < -0.4 is 0 Å². The van der Waals surface area contributed by atoms with Crippen molar-refractivity contribution in [3.05, 3.63) is 35.9 Å². The van der Waals surface area contributed by atoms with Crippen molar-refractivity contribution in [2.75, 3.05) is 0 Å². The Morgan fingerprint density at radius 1 is 1.30 bits per heavy atom. The maximum absolute atomic E-state index is 4.31. The van der Waals surface area contributed by atoms with E-state index in [-0.39, 0.29) is 0 Å². The Bertz CT molecular complexity index is 179. The smallest absolute Gasteiger partial charge is 0.00288 e. The molecule has 0 aliphatic heterocycles. The zero-order valence-corrected chi connectivity index (χ0v) is 7.01. The van der Waals surface area contributed by atoms with Gasteiger partial charge in [-0.3, -0.25) is 0 Å². The minimum absolute atomic E-state index is 0.461. The van der Waals surface area contributed by atoms with Gasteiger partial charge >= 0.3 is 0 Å². The third kappa shape index (κ3) is 2.44. The Balaban J connectivity index is 2.59. The topological polar surface area (TPSA) is 0 Å². The summed E-state index contributed by atoms with van der Waals surface area (Å²) in [6.07, 6.45) is 1.06. The first-order valence-corrected chi connectivity index (χ1v) is 4.02. The molecule has 0 heterocycles. The molecule has 0 saturated heterocycles. The molecule has 0 N–H and O–H groups in total. The van der Waals surface area contributed by atoms with Crippen LogP contribution in [-0.4, -0.2) is 5.25 Å². The van der Waals surface area contributed by atoms with Crippen LogP contribution in [0.4, 0.5) is 0 Å². The fourth-order valence-corrected chi connectivity index (χ4v) is 1.17. The average molecular weight is 152 g/mol. The lowest BCUT2D eigenvalue weighted by Gasteiger charge is -2.01. The fourth-order valence-electron chi connectivity index (χ4n) is 0.955. The third-order valence-electron chi connectivity index (χ3n) is 1.37. The number of thiol groups is 1. The van der Waals surface area contributed by atoms with Gasteiger partial charge in [0, 0.05) is 5.25 Å². The molecule has 1 rings (SSSR count). The molecule has 0 saturated carbocycles. The molecule has 0 fully saturated rings. The molecular formula is C9H12S. The number of rotatable bonds is 2. The van der Waals surface area contributed by atoms with E-state index in [1.54, 1.807) is 0 Å². The molecule has 0 nitrogen and oxygen atoms in total. The molecule has 0 aromatic heterocycles. The lowest BCUT2D eigenvalue weighted by Crippen LogP contribution is -1.95. The van der Waals surface area contributed by atoms with Crippen LogP contribution in [0.2, 0.25) is 0 Å². The van der Waals surface area contributed by atoms with E-state index in [4.69, 9.17) is 0 Å². The summed E-state index contributed by atoms with van der Waals surface area (Å²) in [5.74, 6) is 0. The first kappa shape index (κ1) is 7.67. The minimum Gasteiger partial charge on any atom is -0.176 e. The van der Waals surface area contributed by atoms with Crippen molar-refractivity contribution in [1.29, 1.82) is 0 Å². The highest BCUT2D eigenvalue weighted by Gasteiger charge is 1.94. The minimum atomic E-state index is 0.461. The molecule has 1 atom stereocenters. The van der Waals surface area contributed by atoms with Crippen LogP contribution in [0.5, 0.6) is 0 Å². The second kappa shape index (κ2) is 3.67. The summed E-state index contributed by atoms with van der Waals surface area (Å²) in [5.41, 5.74) is 1.37. The van der Waals surface area contributed by atoms with Gasteiger partial charge in [-0.05, 0) is 12.0 Å². The van der Waals surface area contributed by atoms with Gasteiger partial charge in [0.1, 0.15) is 0 Å². The van der Waals surface area contributed by atoms with Gasteiger partial charge in [0.15, 0.2) is 0 Å². The summed E-state index contributed by atoms with van der Waals surface area (Å²) < 4.78 is 0. The second-order valence-electron chi connectivity index (χ2n) is 2.54. The quantitative estimate of drug-likeness (QED) is 0.619. The van der Waals surface area contributed by atoms with E-state index < -0.39 is 0 Å². The van der Waals surface area contributed by atoms with Crippen molar-refractivity contribution in [2.45, 2.75) is 18.6 Å². The van der Waals surface area contributed by atoms with Crippen molar-refractivity contribution in [2.24, 2.45) is 0 Å². The van der Waals surface area contributed by atoms with Crippen LogP contribution in [0.15, 0.2) is 30.3 Å².